The number of aryl methyl sites for hydroxylation is 1. The molecule has 0 spiro atoms. The van der Waals surface area contributed by atoms with Crippen molar-refractivity contribution in [1.29, 1.82) is 0 Å². The standard InChI is InChI=1S/C30H44N6O4/c1-6-28(38)35-10-12-36(13-11-35)29-24(5)26(21-34(7-2)27-20-25(37)19-22(3)23(27)4)31-30(32-29)40-16-8-9-33-14-17-39-18-15-33/h6,19-20,37H,1,7-18,21H2,2-5H3. The van der Waals surface area contributed by atoms with E-state index in [0.29, 0.717) is 45.3 Å². The predicted molar refractivity (Wildman–Crippen MR) is 157 cm³/mol. The lowest BCUT2D eigenvalue weighted by atomic mass is 10.1. The molecule has 10 heteroatoms. The first-order valence-corrected chi connectivity index (χ1v) is 14.3. The van der Waals surface area contributed by atoms with E-state index in [4.69, 9.17) is 19.4 Å². The van der Waals surface area contributed by atoms with Gasteiger partial charge in [0.2, 0.25) is 5.91 Å². The van der Waals surface area contributed by atoms with Crippen LogP contribution in [0.2, 0.25) is 0 Å². The normalized spacial score (nSPS) is 16.2. The van der Waals surface area contributed by atoms with Gasteiger partial charge in [-0.3, -0.25) is 9.69 Å². The topological polar surface area (TPSA) is 94.5 Å². The molecule has 1 aromatic carbocycles. The highest BCUT2D eigenvalue weighted by atomic mass is 16.5. The van der Waals surface area contributed by atoms with Crippen LogP contribution in [-0.2, 0) is 16.1 Å². The fraction of sp³-hybridized carbons (Fsp3) is 0.567. The lowest BCUT2D eigenvalue weighted by Gasteiger charge is -2.36. The summed E-state index contributed by atoms with van der Waals surface area (Å²) in [5.74, 6) is 1.06. The van der Waals surface area contributed by atoms with Crippen LogP contribution in [0.5, 0.6) is 11.8 Å². The van der Waals surface area contributed by atoms with Gasteiger partial charge in [0.25, 0.3) is 0 Å². The molecule has 4 rings (SSSR count). The minimum atomic E-state index is -0.0422. The first-order chi connectivity index (χ1) is 19.3. The number of piperazine rings is 1. The van der Waals surface area contributed by atoms with E-state index in [9.17, 15) is 9.90 Å². The molecule has 2 aromatic rings. The summed E-state index contributed by atoms with van der Waals surface area (Å²) in [5, 5.41) is 10.3. The van der Waals surface area contributed by atoms with Crippen LogP contribution in [0.25, 0.3) is 0 Å². The number of nitrogens with zero attached hydrogens (tertiary/aromatic N) is 6. The van der Waals surface area contributed by atoms with E-state index in [1.54, 1.807) is 6.07 Å². The molecule has 0 aliphatic carbocycles. The van der Waals surface area contributed by atoms with Crippen LogP contribution in [0.4, 0.5) is 11.5 Å². The number of anilines is 2. The molecule has 40 heavy (non-hydrogen) atoms. The second-order valence-corrected chi connectivity index (χ2v) is 10.5. The Morgan fingerprint density at radius 2 is 1.82 bits per heavy atom. The zero-order valence-corrected chi connectivity index (χ0v) is 24.5. The van der Waals surface area contributed by atoms with Crippen molar-refractivity contribution in [2.75, 3.05) is 82.0 Å². The monoisotopic (exact) mass is 552 g/mol. The van der Waals surface area contributed by atoms with Gasteiger partial charge >= 0.3 is 6.01 Å². The van der Waals surface area contributed by atoms with Crippen molar-refractivity contribution in [3.63, 3.8) is 0 Å². The summed E-state index contributed by atoms with van der Waals surface area (Å²) in [6, 6.07) is 3.99. The number of phenolic OH excluding ortho intramolecular Hbond substituents is 1. The van der Waals surface area contributed by atoms with Crippen molar-refractivity contribution in [2.24, 2.45) is 0 Å². The highest BCUT2D eigenvalue weighted by Gasteiger charge is 2.25. The number of hydrogen-bond acceptors (Lipinski definition) is 9. The molecular weight excluding hydrogens is 508 g/mol. The van der Waals surface area contributed by atoms with Crippen molar-refractivity contribution >= 4 is 17.4 Å². The molecule has 2 fully saturated rings. The van der Waals surface area contributed by atoms with Gasteiger partial charge in [-0.15, -0.1) is 0 Å². The zero-order chi connectivity index (χ0) is 28.6. The Balaban J connectivity index is 1.56. The number of carbonyl (C=O) groups is 1. The summed E-state index contributed by atoms with van der Waals surface area (Å²) >= 11 is 0. The fourth-order valence-corrected chi connectivity index (χ4v) is 5.30. The summed E-state index contributed by atoms with van der Waals surface area (Å²) in [4.78, 5) is 30.5. The summed E-state index contributed by atoms with van der Waals surface area (Å²) < 4.78 is 11.6. The van der Waals surface area contributed by atoms with Gasteiger partial charge in [0.1, 0.15) is 11.6 Å². The van der Waals surface area contributed by atoms with E-state index in [-0.39, 0.29) is 11.7 Å². The second-order valence-electron chi connectivity index (χ2n) is 10.5. The van der Waals surface area contributed by atoms with E-state index < -0.39 is 0 Å². The average molecular weight is 553 g/mol. The Morgan fingerprint density at radius 1 is 1.10 bits per heavy atom. The number of rotatable bonds is 11. The third kappa shape index (κ3) is 7.22. The molecule has 3 heterocycles. The lowest BCUT2D eigenvalue weighted by molar-refractivity contribution is -0.126. The van der Waals surface area contributed by atoms with E-state index in [1.165, 1.54) is 6.08 Å². The summed E-state index contributed by atoms with van der Waals surface area (Å²) in [6.07, 6.45) is 2.25. The smallest absolute Gasteiger partial charge is 0.318 e. The average Bonchev–Trinajstić information content (AvgIpc) is 2.97. The zero-order valence-electron chi connectivity index (χ0n) is 24.5. The summed E-state index contributed by atoms with van der Waals surface area (Å²) in [7, 11) is 0. The predicted octanol–water partition coefficient (Wildman–Crippen LogP) is 3.07. The van der Waals surface area contributed by atoms with E-state index in [2.05, 4.69) is 42.0 Å². The molecule has 2 aliphatic rings. The quantitative estimate of drug-likeness (QED) is 0.333. The number of amides is 1. The molecule has 1 amide bonds. The van der Waals surface area contributed by atoms with Crippen LogP contribution in [0.15, 0.2) is 24.8 Å². The lowest BCUT2D eigenvalue weighted by Crippen LogP contribution is -2.48. The van der Waals surface area contributed by atoms with Crippen LogP contribution >= 0.6 is 0 Å². The number of morpholine rings is 1. The van der Waals surface area contributed by atoms with Gasteiger partial charge in [0, 0.05) is 69.7 Å². The third-order valence-electron chi connectivity index (χ3n) is 7.91. The molecule has 1 N–H and O–H groups in total. The Kier molecular flexibility index (Phi) is 10.2. The summed E-state index contributed by atoms with van der Waals surface area (Å²) in [5.41, 5.74) is 5.06. The van der Waals surface area contributed by atoms with Gasteiger partial charge in [0.05, 0.1) is 32.1 Å². The second kappa shape index (κ2) is 13.8. The molecule has 0 bridgehead atoms. The van der Waals surface area contributed by atoms with Crippen molar-refractivity contribution in [2.45, 2.75) is 40.7 Å². The van der Waals surface area contributed by atoms with E-state index in [0.717, 1.165) is 79.7 Å². The van der Waals surface area contributed by atoms with Crippen molar-refractivity contribution in [3.05, 3.63) is 47.2 Å². The van der Waals surface area contributed by atoms with Gasteiger partial charge in [-0.05, 0) is 57.4 Å². The molecule has 2 aliphatic heterocycles. The number of benzene rings is 1. The number of aromatic nitrogens is 2. The first-order valence-electron chi connectivity index (χ1n) is 14.3. The molecule has 2 saturated heterocycles. The Labute approximate surface area is 238 Å². The number of ether oxygens (including phenoxy) is 2. The Hall–Kier alpha value is -3.37. The maximum Gasteiger partial charge on any atom is 0.318 e. The maximum absolute atomic E-state index is 12.1. The fourth-order valence-electron chi connectivity index (χ4n) is 5.30. The van der Waals surface area contributed by atoms with Crippen LogP contribution in [0.1, 0.15) is 35.7 Å². The molecule has 10 nitrogen and oxygen atoms in total. The van der Waals surface area contributed by atoms with Crippen LogP contribution in [0, 0.1) is 20.8 Å². The summed E-state index contributed by atoms with van der Waals surface area (Å²) in [6.45, 7) is 20.7. The molecular formula is C30H44N6O4. The Bertz CT molecular complexity index is 1180. The molecule has 0 saturated carbocycles. The molecule has 1 aromatic heterocycles. The third-order valence-corrected chi connectivity index (χ3v) is 7.91. The van der Waals surface area contributed by atoms with Gasteiger partial charge in [-0.1, -0.05) is 6.58 Å². The highest BCUT2D eigenvalue weighted by molar-refractivity contribution is 5.87. The van der Waals surface area contributed by atoms with Crippen molar-refractivity contribution < 1.29 is 19.4 Å². The minimum absolute atomic E-state index is 0.0422. The Morgan fingerprint density at radius 3 is 2.50 bits per heavy atom. The minimum Gasteiger partial charge on any atom is -0.508 e. The largest absolute Gasteiger partial charge is 0.508 e. The number of carbonyl (C=O) groups excluding carboxylic acids is 1. The van der Waals surface area contributed by atoms with E-state index in [1.807, 2.05) is 17.9 Å². The van der Waals surface area contributed by atoms with Crippen LogP contribution in [0.3, 0.4) is 0 Å². The maximum atomic E-state index is 12.1. The van der Waals surface area contributed by atoms with Crippen LogP contribution < -0.4 is 14.5 Å². The number of hydrogen-bond donors (Lipinski definition) is 1. The SMILES string of the molecule is C=CC(=O)N1CCN(c2nc(OCCCN3CCOCC3)nc(CN(CC)c3cc(O)cc(C)c3C)c2C)CC1. The van der Waals surface area contributed by atoms with E-state index >= 15 is 0 Å². The van der Waals surface area contributed by atoms with Crippen molar-refractivity contribution in [3.8, 4) is 11.8 Å². The van der Waals surface area contributed by atoms with Crippen LogP contribution in [-0.4, -0.2) is 103 Å². The molecule has 218 valence electrons. The molecule has 0 atom stereocenters. The number of phenols is 1. The highest BCUT2D eigenvalue weighted by Crippen LogP contribution is 2.31. The number of aromatic hydroxyl groups is 1. The van der Waals surface area contributed by atoms with Gasteiger partial charge < -0.3 is 29.3 Å². The van der Waals surface area contributed by atoms with Gasteiger partial charge in [-0.2, -0.15) is 9.97 Å². The van der Waals surface area contributed by atoms with Gasteiger partial charge in [-0.25, -0.2) is 0 Å². The van der Waals surface area contributed by atoms with Gasteiger partial charge in [0.15, 0.2) is 0 Å². The van der Waals surface area contributed by atoms with Crippen molar-refractivity contribution in [1.82, 2.24) is 19.8 Å². The molecule has 0 radical (unpaired) electrons. The first kappa shape index (κ1) is 29.6. The molecule has 0 unspecified atom stereocenters.